The second kappa shape index (κ2) is 6.20. The van der Waals surface area contributed by atoms with Crippen molar-refractivity contribution < 1.29 is 9.53 Å². The first-order chi connectivity index (χ1) is 9.84. The van der Waals surface area contributed by atoms with E-state index in [1.165, 1.54) is 4.88 Å². The molecule has 3 nitrogen and oxygen atoms in total. The van der Waals surface area contributed by atoms with Crippen LogP contribution in [0.2, 0.25) is 0 Å². The minimum Gasteiger partial charge on any atom is -0.352 e. The molecule has 1 aliphatic rings. The number of benzene rings is 1. The first-order valence-corrected chi connectivity index (χ1v) is 7.71. The van der Waals surface area contributed by atoms with Gasteiger partial charge in [0.1, 0.15) is 0 Å². The maximum atomic E-state index is 12.4. The average Bonchev–Trinajstić information content (AvgIpc) is 3.17. The summed E-state index contributed by atoms with van der Waals surface area (Å²) in [4.78, 5) is 15.5. The standard InChI is InChI=1S/C16H17NO2S/c18-15(9-8-14-7-4-12-20-14)17-10-11-19-16(17)13-5-2-1-3-6-13/h1-7,12,16H,8-11H2. The smallest absolute Gasteiger partial charge is 0.225 e. The Labute approximate surface area is 122 Å². The molecule has 2 heterocycles. The van der Waals surface area contributed by atoms with Crippen molar-refractivity contribution in [3.63, 3.8) is 0 Å². The van der Waals surface area contributed by atoms with Gasteiger partial charge in [-0.3, -0.25) is 4.79 Å². The molecule has 0 bridgehead atoms. The molecule has 0 radical (unpaired) electrons. The highest BCUT2D eigenvalue weighted by Crippen LogP contribution is 2.27. The molecule has 1 aliphatic heterocycles. The van der Waals surface area contributed by atoms with Crippen LogP contribution in [-0.4, -0.2) is 24.0 Å². The van der Waals surface area contributed by atoms with Gasteiger partial charge in [-0.2, -0.15) is 0 Å². The Balaban J connectivity index is 1.64. The van der Waals surface area contributed by atoms with Crippen LogP contribution < -0.4 is 0 Å². The summed E-state index contributed by atoms with van der Waals surface area (Å²) in [6.07, 6.45) is 1.15. The number of amides is 1. The molecule has 1 atom stereocenters. The van der Waals surface area contributed by atoms with Gasteiger partial charge in [-0.15, -0.1) is 11.3 Å². The van der Waals surface area contributed by atoms with Crippen molar-refractivity contribution in [3.8, 4) is 0 Å². The number of nitrogens with zero attached hydrogens (tertiary/aromatic N) is 1. The average molecular weight is 287 g/mol. The van der Waals surface area contributed by atoms with E-state index in [2.05, 4.69) is 6.07 Å². The maximum Gasteiger partial charge on any atom is 0.225 e. The first kappa shape index (κ1) is 13.3. The predicted molar refractivity (Wildman–Crippen MR) is 79.5 cm³/mol. The van der Waals surface area contributed by atoms with Crippen LogP contribution in [0.15, 0.2) is 47.8 Å². The molecule has 1 amide bonds. The topological polar surface area (TPSA) is 29.5 Å². The van der Waals surface area contributed by atoms with Crippen LogP contribution in [0, 0.1) is 0 Å². The molecule has 0 saturated carbocycles. The minimum absolute atomic E-state index is 0.171. The molecule has 1 fully saturated rings. The summed E-state index contributed by atoms with van der Waals surface area (Å²) < 4.78 is 5.72. The molecular weight excluding hydrogens is 270 g/mol. The lowest BCUT2D eigenvalue weighted by Gasteiger charge is -2.23. The Morgan fingerprint density at radius 3 is 2.85 bits per heavy atom. The molecule has 20 heavy (non-hydrogen) atoms. The summed E-state index contributed by atoms with van der Waals surface area (Å²) in [6.45, 7) is 1.30. The molecule has 2 aromatic rings. The van der Waals surface area contributed by atoms with Gasteiger partial charge < -0.3 is 9.64 Å². The predicted octanol–water partition coefficient (Wildman–Crippen LogP) is 3.24. The summed E-state index contributed by atoms with van der Waals surface area (Å²) in [5, 5.41) is 2.05. The summed E-state index contributed by atoms with van der Waals surface area (Å²) in [6, 6.07) is 14.0. The van der Waals surface area contributed by atoms with Crippen molar-refractivity contribution in [1.29, 1.82) is 0 Å². The van der Waals surface area contributed by atoms with Crippen LogP contribution in [0.25, 0.3) is 0 Å². The molecule has 1 saturated heterocycles. The molecule has 104 valence electrons. The quantitative estimate of drug-likeness (QED) is 0.864. The zero-order valence-electron chi connectivity index (χ0n) is 11.2. The number of aryl methyl sites for hydroxylation is 1. The summed E-state index contributed by atoms with van der Waals surface area (Å²) >= 11 is 1.70. The second-order valence-corrected chi connectivity index (χ2v) is 5.83. The van der Waals surface area contributed by atoms with E-state index in [0.717, 1.165) is 12.0 Å². The maximum absolute atomic E-state index is 12.4. The van der Waals surface area contributed by atoms with Crippen molar-refractivity contribution in [2.75, 3.05) is 13.2 Å². The first-order valence-electron chi connectivity index (χ1n) is 6.83. The van der Waals surface area contributed by atoms with Gasteiger partial charge in [0.05, 0.1) is 6.61 Å². The molecule has 3 rings (SSSR count). The largest absolute Gasteiger partial charge is 0.352 e. The van der Waals surface area contributed by atoms with Gasteiger partial charge >= 0.3 is 0 Å². The molecule has 4 heteroatoms. The number of hydrogen-bond donors (Lipinski definition) is 0. The number of carbonyl (C=O) groups excluding carboxylic acids is 1. The van der Waals surface area contributed by atoms with Crippen LogP contribution in [0.4, 0.5) is 0 Å². The highest BCUT2D eigenvalue weighted by Gasteiger charge is 2.30. The highest BCUT2D eigenvalue weighted by molar-refractivity contribution is 7.09. The van der Waals surface area contributed by atoms with Gasteiger partial charge in [0, 0.05) is 23.4 Å². The van der Waals surface area contributed by atoms with Gasteiger partial charge in [-0.1, -0.05) is 36.4 Å². The molecule has 0 N–H and O–H groups in total. The fraction of sp³-hybridized carbons (Fsp3) is 0.312. The van der Waals surface area contributed by atoms with E-state index in [0.29, 0.717) is 19.6 Å². The van der Waals surface area contributed by atoms with E-state index in [-0.39, 0.29) is 12.1 Å². The number of hydrogen-bond acceptors (Lipinski definition) is 3. The monoisotopic (exact) mass is 287 g/mol. The van der Waals surface area contributed by atoms with Gasteiger partial charge in [0.25, 0.3) is 0 Å². The zero-order chi connectivity index (χ0) is 13.8. The van der Waals surface area contributed by atoms with Crippen molar-refractivity contribution in [3.05, 3.63) is 58.3 Å². The fourth-order valence-corrected chi connectivity index (χ4v) is 3.16. The van der Waals surface area contributed by atoms with Crippen molar-refractivity contribution in [2.24, 2.45) is 0 Å². The van der Waals surface area contributed by atoms with Crippen LogP contribution in [-0.2, 0) is 16.0 Å². The SMILES string of the molecule is O=C(CCc1cccs1)N1CCOC1c1ccccc1. The molecule has 0 aliphatic carbocycles. The van der Waals surface area contributed by atoms with Gasteiger partial charge in [-0.25, -0.2) is 0 Å². The Morgan fingerprint density at radius 1 is 1.25 bits per heavy atom. The zero-order valence-corrected chi connectivity index (χ0v) is 12.0. The van der Waals surface area contributed by atoms with E-state index in [1.807, 2.05) is 46.7 Å². The third-order valence-corrected chi connectivity index (χ3v) is 4.40. The Hall–Kier alpha value is -1.65. The Bertz CT molecular complexity index is 553. The molecule has 1 unspecified atom stereocenters. The van der Waals surface area contributed by atoms with E-state index in [4.69, 9.17) is 4.74 Å². The molecule has 0 spiro atoms. The summed E-state index contributed by atoms with van der Waals surface area (Å²) in [7, 11) is 0. The number of ether oxygens (including phenoxy) is 1. The number of carbonyl (C=O) groups is 1. The highest BCUT2D eigenvalue weighted by atomic mass is 32.1. The third-order valence-electron chi connectivity index (χ3n) is 3.46. The number of rotatable bonds is 4. The van der Waals surface area contributed by atoms with Gasteiger partial charge in [0.15, 0.2) is 6.23 Å². The molecule has 1 aromatic carbocycles. The Kier molecular flexibility index (Phi) is 4.14. The van der Waals surface area contributed by atoms with Crippen molar-refractivity contribution in [2.45, 2.75) is 19.1 Å². The van der Waals surface area contributed by atoms with E-state index in [9.17, 15) is 4.79 Å². The van der Waals surface area contributed by atoms with Crippen molar-refractivity contribution in [1.82, 2.24) is 4.90 Å². The summed E-state index contributed by atoms with van der Waals surface area (Å²) in [5.74, 6) is 0.171. The molecule has 1 aromatic heterocycles. The van der Waals surface area contributed by atoms with E-state index in [1.54, 1.807) is 11.3 Å². The normalized spacial score (nSPS) is 18.4. The van der Waals surface area contributed by atoms with Gasteiger partial charge in [0.2, 0.25) is 5.91 Å². The van der Waals surface area contributed by atoms with E-state index < -0.39 is 0 Å². The lowest BCUT2D eigenvalue weighted by molar-refractivity contribution is -0.136. The fourth-order valence-electron chi connectivity index (χ4n) is 2.45. The minimum atomic E-state index is -0.216. The van der Waals surface area contributed by atoms with E-state index >= 15 is 0 Å². The summed E-state index contributed by atoms with van der Waals surface area (Å²) in [5.41, 5.74) is 1.05. The van der Waals surface area contributed by atoms with Crippen LogP contribution in [0.1, 0.15) is 23.1 Å². The lowest BCUT2D eigenvalue weighted by Crippen LogP contribution is -2.31. The second-order valence-electron chi connectivity index (χ2n) is 4.80. The van der Waals surface area contributed by atoms with Crippen molar-refractivity contribution >= 4 is 17.2 Å². The van der Waals surface area contributed by atoms with Crippen LogP contribution in [0.3, 0.4) is 0 Å². The van der Waals surface area contributed by atoms with Crippen LogP contribution >= 0.6 is 11.3 Å². The lowest BCUT2D eigenvalue weighted by atomic mass is 10.1. The Morgan fingerprint density at radius 2 is 2.10 bits per heavy atom. The van der Waals surface area contributed by atoms with Gasteiger partial charge in [-0.05, 0) is 17.9 Å². The molecular formula is C16H17NO2S. The number of thiophene rings is 1. The van der Waals surface area contributed by atoms with Crippen LogP contribution in [0.5, 0.6) is 0 Å². The third kappa shape index (κ3) is 2.92.